The maximum Gasteiger partial charge on any atom is 0.221 e. The number of hydrogen-bond donors (Lipinski definition) is 1. The molecule has 0 saturated carbocycles. The summed E-state index contributed by atoms with van der Waals surface area (Å²) in [6.07, 6.45) is 0. The van der Waals surface area contributed by atoms with Crippen molar-refractivity contribution in [3.8, 4) is 5.75 Å². The van der Waals surface area contributed by atoms with Crippen LogP contribution in [0.25, 0.3) is 0 Å². The molecule has 2 rings (SSSR count). The number of rotatable bonds is 6. The molecule has 4 heteroatoms. The van der Waals surface area contributed by atoms with Crippen molar-refractivity contribution in [2.45, 2.75) is 18.7 Å². The van der Waals surface area contributed by atoms with Gasteiger partial charge in [0.05, 0.1) is 6.61 Å². The van der Waals surface area contributed by atoms with Crippen molar-refractivity contribution >= 4 is 23.4 Å². The van der Waals surface area contributed by atoms with Crippen LogP contribution in [-0.2, 0) is 4.79 Å². The lowest BCUT2D eigenvalue weighted by atomic mass is 10.2. The monoisotopic (exact) mass is 301 g/mol. The van der Waals surface area contributed by atoms with Gasteiger partial charge in [-0.1, -0.05) is 23.8 Å². The minimum Gasteiger partial charge on any atom is -0.493 e. The SMILES string of the molecule is CC(=O)Nc1cccc(OCCSc2ccc(C)cc2)c1. The summed E-state index contributed by atoms with van der Waals surface area (Å²) in [5.74, 6) is 1.57. The molecule has 1 amide bonds. The number of hydrogen-bond acceptors (Lipinski definition) is 3. The van der Waals surface area contributed by atoms with Crippen LogP contribution in [0.1, 0.15) is 12.5 Å². The van der Waals surface area contributed by atoms with Gasteiger partial charge in [0.1, 0.15) is 5.75 Å². The first-order valence-electron chi connectivity index (χ1n) is 6.83. The molecule has 0 aromatic heterocycles. The van der Waals surface area contributed by atoms with Gasteiger partial charge < -0.3 is 10.1 Å². The molecule has 2 aromatic rings. The summed E-state index contributed by atoms with van der Waals surface area (Å²) in [6.45, 7) is 4.20. The molecule has 2 aromatic carbocycles. The summed E-state index contributed by atoms with van der Waals surface area (Å²) in [4.78, 5) is 12.3. The van der Waals surface area contributed by atoms with Crippen molar-refractivity contribution in [2.75, 3.05) is 17.7 Å². The molecule has 0 bridgehead atoms. The Hall–Kier alpha value is -1.94. The Morgan fingerprint density at radius 2 is 1.95 bits per heavy atom. The van der Waals surface area contributed by atoms with Gasteiger partial charge in [0.2, 0.25) is 5.91 Å². The zero-order chi connectivity index (χ0) is 15.1. The fourth-order valence-electron chi connectivity index (χ4n) is 1.82. The number of thioether (sulfide) groups is 1. The highest BCUT2D eigenvalue weighted by molar-refractivity contribution is 7.99. The van der Waals surface area contributed by atoms with Crippen LogP contribution in [0, 0.1) is 6.92 Å². The van der Waals surface area contributed by atoms with Gasteiger partial charge in [0.25, 0.3) is 0 Å². The van der Waals surface area contributed by atoms with Crippen LogP contribution in [0.2, 0.25) is 0 Å². The van der Waals surface area contributed by atoms with Crippen LogP contribution >= 0.6 is 11.8 Å². The number of aryl methyl sites for hydroxylation is 1. The molecule has 0 aliphatic rings. The Balaban J connectivity index is 1.78. The van der Waals surface area contributed by atoms with Gasteiger partial charge in [-0.25, -0.2) is 0 Å². The second-order valence-corrected chi connectivity index (χ2v) is 5.89. The van der Waals surface area contributed by atoms with Crippen molar-refractivity contribution in [1.29, 1.82) is 0 Å². The number of anilines is 1. The molecule has 3 nitrogen and oxygen atoms in total. The molecule has 0 spiro atoms. The molecular formula is C17H19NO2S. The summed E-state index contributed by atoms with van der Waals surface area (Å²) < 4.78 is 5.70. The first-order valence-corrected chi connectivity index (χ1v) is 7.82. The Morgan fingerprint density at radius 3 is 2.67 bits per heavy atom. The fourth-order valence-corrected chi connectivity index (χ4v) is 2.55. The largest absolute Gasteiger partial charge is 0.493 e. The molecule has 0 aliphatic heterocycles. The summed E-state index contributed by atoms with van der Waals surface area (Å²) in [7, 11) is 0. The van der Waals surface area contributed by atoms with E-state index in [-0.39, 0.29) is 5.91 Å². The van der Waals surface area contributed by atoms with Gasteiger partial charge in [-0.3, -0.25) is 4.79 Å². The minimum atomic E-state index is -0.0814. The molecule has 0 aliphatic carbocycles. The Morgan fingerprint density at radius 1 is 1.19 bits per heavy atom. The average Bonchev–Trinajstić information content (AvgIpc) is 2.45. The van der Waals surface area contributed by atoms with Crippen LogP contribution in [0.5, 0.6) is 5.75 Å². The second kappa shape index (κ2) is 7.74. The Bertz CT molecular complexity index is 596. The van der Waals surface area contributed by atoms with E-state index in [9.17, 15) is 4.79 Å². The van der Waals surface area contributed by atoms with Crippen molar-refractivity contribution in [1.82, 2.24) is 0 Å². The quantitative estimate of drug-likeness (QED) is 0.644. The van der Waals surface area contributed by atoms with Gasteiger partial charge in [0, 0.05) is 29.3 Å². The predicted molar refractivity (Wildman–Crippen MR) is 88.1 cm³/mol. The van der Waals surface area contributed by atoms with E-state index in [0.29, 0.717) is 6.61 Å². The summed E-state index contributed by atoms with van der Waals surface area (Å²) >= 11 is 1.77. The summed E-state index contributed by atoms with van der Waals surface area (Å²) in [5, 5.41) is 2.74. The highest BCUT2D eigenvalue weighted by atomic mass is 32.2. The van der Waals surface area contributed by atoms with Crippen LogP contribution in [-0.4, -0.2) is 18.3 Å². The van der Waals surface area contributed by atoms with E-state index in [4.69, 9.17) is 4.74 Å². The standard InChI is InChI=1S/C17H19NO2S/c1-13-6-8-17(9-7-13)21-11-10-20-16-5-3-4-15(12-16)18-14(2)19/h3-9,12H,10-11H2,1-2H3,(H,18,19). The zero-order valence-corrected chi connectivity index (χ0v) is 13.1. The first-order chi connectivity index (χ1) is 10.1. The number of benzene rings is 2. The first kappa shape index (κ1) is 15.4. The van der Waals surface area contributed by atoms with Crippen molar-refractivity contribution in [2.24, 2.45) is 0 Å². The van der Waals surface area contributed by atoms with Crippen LogP contribution in [0.4, 0.5) is 5.69 Å². The smallest absolute Gasteiger partial charge is 0.221 e. The summed E-state index contributed by atoms with van der Waals surface area (Å²) in [6, 6.07) is 15.9. The predicted octanol–water partition coefficient (Wildman–Crippen LogP) is 4.12. The molecule has 0 radical (unpaired) electrons. The van der Waals surface area contributed by atoms with Crippen molar-refractivity contribution < 1.29 is 9.53 Å². The fraction of sp³-hybridized carbons (Fsp3) is 0.235. The number of ether oxygens (including phenoxy) is 1. The number of nitrogens with one attached hydrogen (secondary N) is 1. The normalized spacial score (nSPS) is 10.2. The lowest BCUT2D eigenvalue weighted by Gasteiger charge is -2.08. The van der Waals surface area contributed by atoms with Crippen LogP contribution < -0.4 is 10.1 Å². The average molecular weight is 301 g/mol. The van der Waals surface area contributed by atoms with E-state index < -0.39 is 0 Å². The number of carbonyl (C=O) groups excluding carboxylic acids is 1. The van der Waals surface area contributed by atoms with Crippen molar-refractivity contribution in [3.63, 3.8) is 0 Å². The lowest BCUT2D eigenvalue weighted by molar-refractivity contribution is -0.114. The maximum absolute atomic E-state index is 11.0. The highest BCUT2D eigenvalue weighted by Gasteiger charge is 1.99. The van der Waals surface area contributed by atoms with E-state index >= 15 is 0 Å². The molecule has 0 fully saturated rings. The highest BCUT2D eigenvalue weighted by Crippen LogP contribution is 2.20. The number of amides is 1. The molecule has 0 saturated heterocycles. The van der Waals surface area contributed by atoms with E-state index in [2.05, 4.69) is 36.5 Å². The van der Waals surface area contributed by atoms with Crippen LogP contribution in [0.15, 0.2) is 53.4 Å². The molecule has 0 heterocycles. The van der Waals surface area contributed by atoms with E-state index in [1.54, 1.807) is 11.8 Å². The third kappa shape index (κ3) is 5.52. The lowest BCUT2D eigenvalue weighted by Crippen LogP contribution is -2.06. The van der Waals surface area contributed by atoms with E-state index in [1.807, 2.05) is 24.3 Å². The van der Waals surface area contributed by atoms with E-state index in [1.165, 1.54) is 17.4 Å². The molecular weight excluding hydrogens is 282 g/mol. The maximum atomic E-state index is 11.0. The van der Waals surface area contributed by atoms with Gasteiger partial charge >= 0.3 is 0 Å². The number of carbonyl (C=O) groups is 1. The van der Waals surface area contributed by atoms with Crippen LogP contribution in [0.3, 0.4) is 0 Å². The molecule has 21 heavy (non-hydrogen) atoms. The molecule has 1 N–H and O–H groups in total. The third-order valence-corrected chi connectivity index (χ3v) is 3.77. The zero-order valence-electron chi connectivity index (χ0n) is 12.3. The third-order valence-electron chi connectivity index (χ3n) is 2.80. The molecule has 0 atom stereocenters. The minimum absolute atomic E-state index is 0.0814. The summed E-state index contributed by atoms with van der Waals surface area (Å²) in [5.41, 5.74) is 2.02. The van der Waals surface area contributed by atoms with Crippen molar-refractivity contribution in [3.05, 3.63) is 54.1 Å². The molecule has 110 valence electrons. The van der Waals surface area contributed by atoms with Gasteiger partial charge in [-0.15, -0.1) is 11.8 Å². The molecule has 0 unspecified atom stereocenters. The second-order valence-electron chi connectivity index (χ2n) is 4.72. The Labute approximate surface area is 129 Å². The van der Waals surface area contributed by atoms with E-state index in [0.717, 1.165) is 17.2 Å². The topological polar surface area (TPSA) is 38.3 Å². The van der Waals surface area contributed by atoms with Gasteiger partial charge in [-0.2, -0.15) is 0 Å². The van der Waals surface area contributed by atoms with Gasteiger partial charge in [-0.05, 0) is 31.2 Å². The van der Waals surface area contributed by atoms with Gasteiger partial charge in [0.15, 0.2) is 0 Å². The Kier molecular flexibility index (Phi) is 5.69.